The maximum atomic E-state index is 12.0. The average Bonchev–Trinajstić information content (AvgIpc) is 2.29. The molecule has 0 radical (unpaired) electrons. The van der Waals surface area contributed by atoms with Gasteiger partial charge in [-0.2, -0.15) is 0 Å². The van der Waals surface area contributed by atoms with Crippen molar-refractivity contribution in [3.63, 3.8) is 0 Å². The molecule has 1 fully saturated rings. The lowest BCUT2D eigenvalue weighted by molar-refractivity contribution is -0.136. The molecule has 17 heavy (non-hydrogen) atoms. The van der Waals surface area contributed by atoms with Crippen LogP contribution in [-0.2, 0) is 9.53 Å². The number of carbonyl (C=O) groups excluding carboxylic acids is 1. The summed E-state index contributed by atoms with van der Waals surface area (Å²) in [4.78, 5) is 13.9. The first-order chi connectivity index (χ1) is 8.15. The van der Waals surface area contributed by atoms with E-state index in [0.29, 0.717) is 19.8 Å². The van der Waals surface area contributed by atoms with Crippen LogP contribution in [0.3, 0.4) is 0 Å². The van der Waals surface area contributed by atoms with Crippen molar-refractivity contribution < 1.29 is 9.53 Å². The van der Waals surface area contributed by atoms with E-state index in [2.05, 4.69) is 11.9 Å². The Labute approximate surface area is 104 Å². The third kappa shape index (κ3) is 4.88. The predicted molar refractivity (Wildman–Crippen MR) is 68.9 cm³/mol. The van der Waals surface area contributed by atoms with Gasteiger partial charge in [0.2, 0.25) is 5.91 Å². The Morgan fingerprint density at radius 1 is 1.65 bits per heavy atom. The zero-order chi connectivity index (χ0) is 12.7. The molecule has 4 heteroatoms. The van der Waals surface area contributed by atoms with Gasteiger partial charge in [-0.15, -0.1) is 0 Å². The fraction of sp³-hybridized carbons (Fsp3) is 0.769. The zero-order valence-corrected chi connectivity index (χ0v) is 11.0. The van der Waals surface area contributed by atoms with E-state index in [1.807, 2.05) is 18.7 Å². The van der Waals surface area contributed by atoms with E-state index in [0.717, 1.165) is 31.5 Å². The molecule has 1 N–H and O–H groups in total. The number of ether oxygens (including phenoxy) is 1. The summed E-state index contributed by atoms with van der Waals surface area (Å²) >= 11 is 0. The van der Waals surface area contributed by atoms with E-state index in [-0.39, 0.29) is 11.9 Å². The summed E-state index contributed by atoms with van der Waals surface area (Å²) in [5, 5.41) is 3.23. The van der Waals surface area contributed by atoms with Crippen molar-refractivity contribution in [3.05, 3.63) is 12.2 Å². The molecule has 1 heterocycles. The molecule has 0 aromatic carbocycles. The van der Waals surface area contributed by atoms with Crippen LogP contribution in [0.2, 0.25) is 0 Å². The highest BCUT2D eigenvalue weighted by atomic mass is 16.5. The molecule has 4 nitrogen and oxygen atoms in total. The van der Waals surface area contributed by atoms with Crippen LogP contribution in [0.15, 0.2) is 12.2 Å². The summed E-state index contributed by atoms with van der Waals surface area (Å²) in [7, 11) is 0. The summed E-state index contributed by atoms with van der Waals surface area (Å²) in [5.41, 5.74) is 1.01. The Bertz CT molecular complexity index is 264. The molecule has 0 saturated carbocycles. The zero-order valence-electron chi connectivity index (χ0n) is 11.0. The van der Waals surface area contributed by atoms with Crippen molar-refractivity contribution in [2.75, 3.05) is 32.8 Å². The number of piperidine rings is 1. The molecule has 1 amide bonds. The minimum Gasteiger partial charge on any atom is -0.375 e. The molecule has 1 saturated heterocycles. The van der Waals surface area contributed by atoms with E-state index in [9.17, 15) is 4.79 Å². The summed E-state index contributed by atoms with van der Waals surface area (Å²) in [6.07, 6.45) is 2.03. The van der Waals surface area contributed by atoms with Crippen LogP contribution in [-0.4, -0.2) is 49.7 Å². The van der Waals surface area contributed by atoms with Crippen molar-refractivity contribution in [3.8, 4) is 0 Å². The number of amides is 1. The quantitative estimate of drug-likeness (QED) is 0.537. The van der Waals surface area contributed by atoms with Crippen molar-refractivity contribution in [2.24, 2.45) is 0 Å². The summed E-state index contributed by atoms with van der Waals surface area (Å²) in [5.74, 6) is 0.219. The van der Waals surface area contributed by atoms with Crippen LogP contribution in [0.5, 0.6) is 0 Å². The maximum absolute atomic E-state index is 12.0. The Morgan fingerprint density at radius 3 is 3.06 bits per heavy atom. The number of nitrogens with zero attached hydrogens (tertiary/aromatic N) is 1. The molecule has 1 unspecified atom stereocenters. The molecule has 0 aromatic heterocycles. The maximum Gasteiger partial charge on any atom is 0.239 e. The van der Waals surface area contributed by atoms with Crippen molar-refractivity contribution >= 4 is 5.91 Å². The van der Waals surface area contributed by atoms with Gasteiger partial charge in [0.25, 0.3) is 0 Å². The lowest BCUT2D eigenvalue weighted by Crippen LogP contribution is -2.51. The van der Waals surface area contributed by atoms with Gasteiger partial charge < -0.3 is 15.0 Å². The number of rotatable bonds is 7. The van der Waals surface area contributed by atoms with Crippen LogP contribution in [0.25, 0.3) is 0 Å². The molecule has 1 rings (SSSR count). The SMILES string of the molecule is C=C(C)COCCN1CCCC(NCC)C1=O. The fourth-order valence-corrected chi connectivity index (χ4v) is 2.02. The van der Waals surface area contributed by atoms with Crippen molar-refractivity contribution in [1.82, 2.24) is 10.2 Å². The first kappa shape index (κ1) is 14.2. The molecule has 0 aliphatic carbocycles. The third-order valence-corrected chi connectivity index (χ3v) is 2.84. The van der Waals surface area contributed by atoms with E-state index < -0.39 is 0 Å². The highest BCUT2D eigenvalue weighted by Gasteiger charge is 2.27. The van der Waals surface area contributed by atoms with Crippen LogP contribution >= 0.6 is 0 Å². The number of nitrogens with one attached hydrogen (secondary N) is 1. The lowest BCUT2D eigenvalue weighted by atomic mass is 10.0. The van der Waals surface area contributed by atoms with Crippen LogP contribution in [0.4, 0.5) is 0 Å². The van der Waals surface area contributed by atoms with E-state index in [1.165, 1.54) is 0 Å². The van der Waals surface area contributed by atoms with E-state index in [1.54, 1.807) is 0 Å². The molecular weight excluding hydrogens is 216 g/mol. The molecule has 1 aliphatic rings. The van der Waals surface area contributed by atoms with E-state index >= 15 is 0 Å². The van der Waals surface area contributed by atoms with Crippen LogP contribution in [0.1, 0.15) is 26.7 Å². The predicted octanol–water partition coefficient (Wildman–Crippen LogP) is 1.18. The summed E-state index contributed by atoms with van der Waals surface area (Å²) in [6, 6.07) is 0.00916. The number of hydrogen-bond donors (Lipinski definition) is 1. The number of carbonyl (C=O) groups is 1. The first-order valence-electron chi connectivity index (χ1n) is 6.39. The topological polar surface area (TPSA) is 41.6 Å². The standard InChI is InChI=1S/C13H24N2O2/c1-4-14-12-6-5-7-15(13(12)16)8-9-17-10-11(2)3/h12,14H,2,4-10H2,1,3H3. The molecule has 0 aromatic rings. The molecule has 1 atom stereocenters. The Hall–Kier alpha value is -0.870. The van der Waals surface area contributed by atoms with Gasteiger partial charge in [0.1, 0.15) is 0 Å². The fourth-order valence-electron chi connectivity index (χ4n) is 2.02. The second-order valence-electron chi connectivity index (χ2n) is 4.59. The number of likely N-dealkylation sites (N-methyl/N-ethyl adjacent to an activating group) is 1. The van der Waals surface area contributed by atoms with Gasteiger partial charge in [0, 0.05) is 13.1 Å². The monoisotopic (exact) mass is 240 g/mol. The van der Waals surface area contributed by atoms with Gasteiger partial charge >= 0.3 is 0 Å². The molecule has 98 valence electrons. The molecule has 0 spiro atoms. The number of likely N-dealkylation sites (tertiary alicyclic amines) is 1. The average molecular weight is 240 g/mol. The Morgan fingerprint density at radius 2 is 2.41 bits per heavy atom. The van der Waals surface area contributed by atoms with Gasteiger partial charge in [-0.05, 0) is 26.3 Å². The second-order valence-corrected chi connectivity index (χ2v) is 4.59. The largest absolute Gasteiger partial charge is 0.375 e. The van der Waals surface area contributed by atoms with Crippen LogP contribution < -0.4 is 5.32 Å². The normalized spacial score (nSPS) is 20.7. The smallest absolute Gasteiger partial charge is 0.239 e. The van der Waals surface area contributed by atoms with Gasteiger partial charge in [-0.1, -0.05) is 19.1 Å². The van der Waals surface area contributed by atoms with Crippen LogP contribution in [0, 0.1) is 0 Å². The molecule has 1 aliphatic heterocycles. The van der Waals surface area contributed by atoms with Gasteiger partial charge in [0.05, 0.1) is 19.3 Å². The lowest BCUT2D eigenvalue weighted by Gasteiger charge is -2.32. The molecule has 0 bridgehead atoms. The second kappa shape index (κ2) is 7.45. The minimum atomic E-state index is 0.00916. The van der Waals surface area contributed by atoms with Gasteiger partial charge in [-0.3, -0.25) is 4.79 Å². The summed E-state index contributed by atoms with van der Waals surface area (Å²) in [6.45, 7) is 11.3. The highest BCUT2D eigenvalue weighted by Crippen LogP contribution is 2.11. The Kier molecular flexibility index (Phi) is 6.22. The minimum absolute atomic E-state index is 0.00916. The third-order valence-electron chi connectivity index (χ3n) is 2.84. The first-order valence-corrected chi connectivity index (χ1v) is 6.39. The van der Waals surface area contributed by atoms with Gasteiger partial charge in [-0.25, -0.2) is 0 Å². The van der Waals surface area contributed by atoms with E-state index in [4.69, 9.17) is 4.74 Å². The highest BCUT2D eigenvalue weighted by molar-refractivity contribution is 5.82. The molecular formula is C13H24N2O2. The van der Waals surface area contributed by atoms with Crippen molar-refractivity contribution in [1.29, 1.82) is 0 Å². The number of hydrogen-bond acceptors (Lipinski definition) is 3. The Balaban J connectivity index is 2.27. The van der Waals surface area contributed by atoms with Crippen molar-refractivity contribution in [2.45, 2.75) is 32.7 Å². The van der Waals surface area contributed by atoms with Gasteiger partial charge in [0.15, 0.2) is 0 Å². The summed E-state index contributed by atoms with van der Waals surface area (Å²) < 4.78 is 5.43.